The van der Waals surface area contributed by atoms with Gasteiger partial charge in [-0.1, -0.05) is 29.0 Å². The van der Waals surface area contributed by atoms with Crippen LogP contribution in [0.5, 0.6) is 0 Å². The SMILES string of the molecule is Cc1ccc(NC(=O)c2nnc(COC(=O)c3ccc4c(c3)nc(C)c(=O)n4C)s2)cc1. The van der Waals surface area contributed by atoms with Gasteiger partial charge in [0.15, 0.2) is 5.01 Å². The molecular formula is C22H19N5O4S. The van der Waals surface area contributed by atoms with Crippen molar-refractivity contribution in [1.82, 2.24) is 19.7 Å². The van der Waals surface area contributed by atoms with Crippen LogP contribution >= 0.6 is 11.3 Å². The van der Waals surface area contributed by atoms with E-state index < -0.39 is 5.97 Å². The molecule has 2 aromatic heterocycles. The lowest BCUT2D eigenvalue weighted by Crippen LogP contribution is -2.21. The monoisotopic (exact) mass is 449 g/mol. The molecule has 32 heavy (non-hydrogen) atoms. The van der Waals surface area contributed by atoms with Crippen molar-refractivity contribution in [3.8, 4) is 0 Å². The van der Waals surface area contributed by atoms with Gasteiger partial charge < -0.3 is 14.6 Å². The molecule has 1 amide bonds. The first-order valence-corrected chi connectivity index (χ1v) is 10.5. The van der Waals surface area contributed by atoms with Crippen LogP contribution in [-0.2, 0) is 18.4 Å². The number of nitrogens with zero attached hydrogens (tertiary/aromatic N) is 4. The highest BCUT2D eigenvalue weighted by molar-refractivity contribution is 7.13. The second-order valence-electron chi connectivity index (χ2n) is 7.16. The van der Waals surface area contributed by atoms with Gasteiger partial charge in [0.25, 0.3) is 11.5 Å². The number of rotatable bonds is 5. The summed E-state index contributed by atoms with van der Waals surface area (Å²) in [6.07, 6.45) is 0. The highest BCUT2D eigenvalue weighted by atomic mass is 32.1. The minimum absolute atomic E-state index is 0.119. The van der Waals surface area contributed by atoms with E-state index in [-0.39, 0.29) is 23.1 Å². The van der Waals surface area contributed by atoms with Crippen LogP contribution in [0.3, 0.4) is 0 Å². The van der Waals surface area contributed by atoms with E-state index in [9.17, 15) is 14.4 Å². The van der Waals surface area contributed by atoms with E-state index in [1.165, 1.54) is 4.57 Å². The minimum atomic E-state index is -0.568. The lowest BCUT2D eigenvalue weighted by Gasteiger charge is -2.07. The van der Waals surface area contributed by atoms with Crippen molar-refractivity contribution in [2.24, 2.45) is 7.05 Å². The molecule has 4 aromatic rings. The molecule has 10 heteroatoms. The van der Waals surface area contributed by atoms with E-state index in [0.29, 0.717) is 33.0 Å². The molecule has 0 aliphatic rings. The Kier molecular flexibility index (Phi) is 5.78. The van der Waals surface area contributed by atoms with Gasteiger partial charge in [-0.15, -0.1) is 10.2 Å². The van der Waals surface area contributed by atoms with Crippen molar-refractivity contribution < 1.29 is 14.3 Å². The van der Waals surface area contributed by atoms with Gasteiger partial charge in [0.1, 0.15) is 12.3 Å². The van der Waals surface area contributed by atoms with Crippen LogP contribution in [0.25, 0.3) is 11.0 Å². The average molecular weight is 449 g/mol. The number of ether oxygens (including phenoxy) is 1. The second kappa shape index (κ2) is 8.67. The Labute approximate surface area is 186 Å². The summed E-state index contributed by atoms with van der Waals surface area (Å²) in [7, 11) is 1.65. The van der Waals surface area contributed by atoms with Crippen molar-refractivity contribution in [2.45, 2.75) is 20.5 Å². The molecule has 2 aromatic carbocycles. The van der Waals surface area contributed by atoms with Gasteiger partial charge in [0.2, 0.25) is 5.01 Å². The molecule has 162 valence electrons. The fourth-order valence-electron chi connectivity index (χ4n) is 3.04. The Balaban J connectivity index is 1.42. The maximum absolute atomic E-state index is 12.5. The van der Waals surface area contributed by atoms with Crippen LogP contribution in [0.1, 0.15) is 36.4 Å². The number of hydrogen-bond acceptors (Lipinski definition) is 8. The van der Waals surface area contributed by atoms with Gasteiger partial charge in [-0.2, -0.15) is 0 Å². The molecule has 1 N–H and O–H groups in total. The molecule has 0 spiro atoms. The Hall–Kier alpha value is -3.92. The third-order valence-electron chi connectivity index (χ3n) is 4.77. The number of esters is 1. The molecular weight excluding hydrogens is 430 g/mol. The molecule has 0 unspecified atom stereocenters. The molecule has 9 nitrogen and oxygen atoms in total. The number of anilines is 1. The van der Waals surface area contributed by atoms with Crippen LogP contribution < -0.4 is 10.9 Å². The molecule has 0 atom stereocenters. The summed E-state index contributed by atoms with van der Waals surface area (Å²) >= 11 is 1.05. The fourth-order valence-corrected chi connectivity index (χ4v) is 3.69. The maximum Gasteiger partial charge on any atom is 0.338 e. The number of aryl methyl sites for hydroxylation is 3. The molecule has 2 heterocycles. The van der Waals surface area contributed by atoms with Gasteiger partial charge in [0, 0.05) is 12.7 Å². The topological polar surface area (TPSA) is 116 Å². The van der Waals surface area contributed by atoms with Crippen LogP contribution in [0, 0.1) is 13.8 Å². The molecule has 0 radical (unpaired) electrons. The smallest absolute Gasteiger partial charge is 0.338 e. The van der Waals surface area contributed by atoms with Crippen molar-refractivity contribution in [2.75, 3.05) is 5.32 Å². The Morgan fingerprint density at radius 2 is 1.84 bits per heavy atom. The third kappa shape index (κ3) is 4.40. The van der Waals surface area contributed by atoms with Gasteiger partial charge in [-0.25, -0.2) is 9.78 Å². The van der Waals surface area contributed by atoms with Crippen molar-refractivity contribution in [3.05, 3.63) is 79.7 Å². The number of benzene rings is 2. The van der Waals surface area contributed by atoms with E-state index in [1.807, 2.05) is 19.1 Å². The van der Waals surface area contributed by atoms with E-state index in [0.717, 1.165) is 16.9 Å². The van der Waals surface area contributed by atoms with Gasteiger partial charge >= 0.3 is 5.97 Å². The Bertz CT molecular complexity index is 1390. The van der Waals surface area contributed by atoms with Crippen molar-refractivity contribution >= 4 is 39.9 Å². The summed E-state index contributed by atoms with van der Waals surface area (Å²) in [5, 5.41) is 11.1. The van der Waals surface area contributed by atoms with Gasteiger partial charge in [0.05, 0.1) is 16.6 Å². The predicted octanol–water partition coefficient (Wildman–Crippen LogP) is 3.01. The van der Waals surface area contributed by atoms with Crippen LogP contribution in [-0.4, -0.2) is 31.6 Å². The first-order chi connectivity index (χ1) is 15.3. The van der Waals surface area contributed by atoms with E-state index >= 15 is 0 Å². The zero-order valence-corrected chi connectivity index (χ0v) is 18.4. The quantitative estimate of drug-likeness (QED) is 0.466. The third-order valence-corrected chi connectivity index (χ3v) is 5.67. The minimum Gasteiger partial charge on any atom is -0.455 e. The van der Waals surface area contributed by atoms with Crippen LogP contribution in [0.2, 0.25) is 0 Å². The number of aromatic nitrogens is 4. The lowest BCUT2D eigenvalue weighted by molar-refractivity contribution is 0.0471. The molecule has 0 aliphatic carbocycles. The Morgan fingerprint density at radius 3 is 2.59 bits per heavy atom. The molecule has 0 saturated carbocycles. The molecule has 0 aliphatic heterocycles. The fraction of sp³-hybridized carbons (Fsp3) is 0.182. The largest absolute Gasteiger partial charge is 0.455 e. The summed E-state index contributed by atoms with van der Waals surface area (Å²) in [6, 6.07) is 12.2. The summed E-state index contributed by atoms with van der Waals surface area (Å²) < 4.78 is 6.80. The number of fused-ring (bicyclic) bond motifs is 1. The van der Waals surface area contributed by atoms with Gasteiger partial charge in [-0.05, 0) is 44.2 Å². The lowest BCUT2D eigenvalue weighted by atomic mass is 10.2. The molecule has 0 saturated heterocycles. The second-order valence-corrected chi connectivity index (χ2v) is 8.22. The highest BCUT2D eigenvalue weighted by Crippen LogP contribution is 2.17. The van der Waals surface area contributed by atoms with E-state index in [2.05, 4.69) is 20.5 Å². The van der Waals surface area contributed by atoms with E-state index in [4.69, 9.17) is 4.74 Å². The molecule has 4 rings (SSSR count). The first-order valence-electron chi connectivity index (χ1n) is 9.67. The van der Waals surface area contributed by atoms with Crippen molar-refractivity contribution in [3.63, 3.8) is 0 Å². The highest BCUT2D eigenvalue weighted by Gasteiger charge is 2.16. The Morgan fingerprint density at radius 1 is 1.09 bits per heavy atom. The summed E-state index contributed by atoms with van der Waals surface area (Å²) in [4.78, 5) is 41.0. The predicted molar refractivity (Wildman–Crippen MR) is 120 cm³/mol. The maximum atomic E-state index is 12.5. The molecule has 0 fully saturated rings. The number of carbonyl (C=O) groups is 2. The zero-order valence-electron chi connectivity index (χ0n) is 17.6. The van der Waals surface area contributed by atoms with Crippen LogP contribution in [0.4, 0.5) is 5.69 Å². The number of nitrogens with one attached hydrogen (secondary N) is 1. The normalized spacial score (nSPS) is 10.8. The summed E-state index contributed by atoms with van der Waals surface area (Å²) in [5.74, 6) is -0.952. The first kappa shape index (κ1) is 21.3. The van der Waals surface area contributed by atoms with Crippen molar-refractivity contribution in [1.29, 1.82) is 0 Å². The number of carbonyl (C=O) groups excluding carboxylic acids is 2. The van der Waals surface area contributed by atoms with Gasteiger partial charge in [-0.3, -0.25) is 9.59 Å². The standard InChI is InChI=1S/C22H19N5O4S/c1-12-4-7-15(8-5-12)24-19(28)20-26-25-18(32-20)11-31-22(30)14-6-9-17-16(10-14)23-13(2)21(29)27(17)3/h4-10H,11H2,1-3H3,(H,24,28). The zero-order chi connectivity index (χ0) is 22.8. The van der Waals surface area contributed by atoms with Crippen LogP contribution in [0.15, 0.2) is 47.3 Å². The molecule has 0 bridgehead atoms. The summed E-state index contributed by atoms with van der Waals surface area (Å²) in [5.41, 5.74) is 3.33. The average Bonchev–Trinajstić information content (AvgIpc) is 3.26. The number of hydrogen-bond donors (Lipinski definition) is 1. The van der Waals surface area contributed by atoms with E-state index in [1.54, 1.807) is 44.3 Å². The summed E-state index contributed by atoms with van der Waals surface area (Å²) in [6.45, 7) is 3.46. The number of amides is 1.